The maximum absolute atomic E-state index is 2.36. The zero-order valence-electron chi connectivity index (χ0n) is 10.9. The predicted octanol–water partition coefficient (Wildman–Crippen LogP) is 3.38. The maximum Gasteiger partial charge on any atom is 0.0111 e. The van der Waals surface area contributed by atoms with Crippen LogP contribution in [-0.2, 0) is 0 Å². The van der Waals surface area contributed by atoms with Crippen LogP contribution in [0, 0.1) is 0 Å². The Morgan fingerprint density at radius 1 is 0.765 bits per heavy atom. The van der Waals surface area contributed by atoms with Crippen LogP contribution in [0.5, 0.6) is 0 Å². The first-order chi connectivity index (χ1) is 8.09. The molecule has 0 saturated heterocycles. The molecule has 88 valence electrons. The Kier molecular flexibility index (Phi) is 3.48. The highest BCUT2D eigenvalue weighted by molar-refractivity contribution is 6.15. The van der Waals surface area contributed by atoms with E-state index in [1.807, 2.05) is 0 Å². The van der Waals surface area contributed by atoms with Crippen molar-refractivity contribution in [2.45, 2.75) is 24.8 Å². The highest BCUT2D eigenvalue weighted by Crippen LogP contribution is 2.43. The van der Waals surface area contributed by atoms with Gasteiger partial charge in [-0.25, -0.2) is 0 Å². The third-order valence-corrected chi connectivity index (χ3v) is 3.71. The van der Waals surface area contributed by atoms with Crippen molar-refractivity contribution < 1.29 is 0 Å². The van der Waals surface area contributed by atoms with Crippen molar-refractivity contribution >= 4 is 10.2 Å². The highest BCUT2D eigenvalue weighted by Gasteiger charge is 2.27. The molecule has 0 aliphatic heterocycles. The second-order valence-electron chi connectivity index (χ2n) is 5.62. The van der Waals surface area contributed by atoms with Crippen LogP contribution in [0.4, 0.5) is 0 Å². The Labute approximate surface area is 107 Å². The number of rotatable bonds is 3. The molecule has 0 unspecified atom stereocenters. The van der Waals surface area contributed by atoms with Crippen molar-refractivity contribution in [1.82, 2.24) is 0 Å². The van der Waals surface area contributed by atoms with Crippen molar-refractivity contribution in [3.8, 4) is 0 Å². The molecule has 0 saturated carbocycles. The lowest BCUT2D eigenvalue weighted by Crippen LogP contribution is -2.16. The van der Waals surface area contributed by atoms with E-state index in [0.29, 0.717) is 11.0 Å². The van der Waals surface area contributed by atoms with Crippen LogP contribution >= 0.6 is 0 Å². The van der Waals surface area contributed by atoms with Gasteiger partial charge in [0.2, 0.25) is 0 Å². The molecule has 0 heterocycles. The van der Waals surface area contributed by atoms with E-state index in [-0.39, 0.29) is 0 Å². The minimum Gasteiger partial charge on any atom is -0.0623 e. The monoisotopic (exact) mass is 240 g/mol. The molecule has 17 heavy (non-hydrogen) atoms. The van der Waals surface area contributed by atoms with Crippen molar-refractivity contribution in [3.63, 3.8) is 0 Å². The standard InChI is InChI=1S/C16H20Si/c1-16(2,17)15(13-9-5-3-6-10-13)14-11-7-4-8-12-14/h3-12,15H,1-2,17H3. The molecule has 2 rings (SSSR count). The van der Waals surface area contributed by atoms with E-state index in [1.54, 1.807) is 0 Å². The van der Waals surface area contributed by atoms with Crippen LogP contribution in [-0.4, -0.2) is 10.2 Å². The summed E-state index contributed by atoms with van der Waals surface area (Å²) in [4.78, 5) is 0. The minimum atomic E-state index is 0.364. The summed E-state index contributed by atoms with van der Waals surface area (Å²) in [5.74, 6) is 0.511. The summed E-state index contributed by atoms with van der Waals surface area (Å²) in [6.07, 6.45) is 0. The molecule has 0 N–H and O–H groups in total. The van der Waals surface area contributed by atoms with E-state index in [0.717, 1.165) is 0 Å². The van der Waals surface area contributed by atoms with E-state index >= 15 is 0 Å². The van der Waals surface area contributed by atoms with Crippen LogP contribution in [0.15, 0.2) is 60.7 Å². The van der Waals surface area contributed by atoms with Gasteiger partial charge >= 0.3 is 0 Å². The van der Waals surface area contributed by atoms with Crippen molar-refractivity contribution in [3.05, 3.63) is 71.8 Å². The SMILES string of the molecule is CC(C)([SiH3])C(c1ccccc1)c1ccccc1. The second kappa shape index (κ2) is 4.88. The van der Waals surface area contributed by atoms with Crippen LogP contribution < -0.4 is 0 Å². The lowest BCUT2D eigenvalue weighted by Gasteiger charge is -2.31. The molecular weight excluding hydrogens is 220 g/mol. The number of hydrogen-bond donors (Lipinski definition) is 0. The van der Waals surface area contributed by atoms with Gasteiger partial charge in [-0.05, 0) is 16.2 Å². The molecule has 0 spiro atoms. The van der Waals surface area contributed by atoms with E-state index in [4.69, 9.17) is 0 Å². The van der Waals surface area contributed by atoms with E-state index in [1.165, 1.54) is 21.4 Å². The fraction of sp³-hybridized carbons (Fsp3) is 0.250. The zero-order valence-corrected chi connectivity index (χ0v) is 12.9. The lowest BCUT2D eigenvalue weighted by atomic mass is 9.82. The van der Waals surface area contributed by atoms with Gasteiger partial charge in [0.15, 0.2) is 0 Å². The smallest absolute Gasteiger partial charge is 0.0111 e. The Balaban J connectivity index is 2.48. The number of hydrogen-bond acceptors (Lipinski definition) is 0. The molecule has 0 fully saturated rings. The molecule has 2 aromatic rings. The Morgan fingerprint density at radius 3 is 1.41 bits per heavy atom. The van der Waals surface area contributed by atoms with Gasteiger partial charge in [-0.1, -0.05) is 74.5 Å². The lowest BCUT2D eigenvalue weighted by molar-refractivity contribution is 0.590. The average Bonchev–Trinajstić information content (AvgIpc) is 2.30. The van der Waals surface area contributed by atoms with Gasteiger partial charge in [-0.15, -0.1) is 0 Å². The maximum atomic E-state index is 2.36. The van der Waals surface area contributed by atoms with Crippen LogP contribution in [0.3, 0.4) is 0 Å². The van der Waals surface area contributed by atoms with Crippen molar-refractivity contribution in [1.29, 1.82) is 0 Å². The molecule has 0 amide bonds. The Morgan fingerprint density at radius 2 is 1.12 bits per heavy atom. The first-order valence-electron chi connectivity index (χ1n) is 6.19. The summed E-state index contributed by atoms with van der Waals surface area (Å²) in [5, 5.41) is 0.364. The molecule has 2 aromatic carbocycles. The van der Waals surface area contributed by atoms with Gasteiger partial charge in [0.1, 0.15) is 0 Å². The summed E-state index contributed by atoms with van der Waals surface area (Å²) in [6, 6.07) is 21.7. The first kappa shape index (κ1) is 12.1. The molecule has 0 aliphatic carbocycles. The molecule has 0 aromatic heterocycles. The van der Waals surface area contributed by atoms with Gasteiger partial charge in [-0.2, -0.15) is 0 Å². The third kappa shape index (κ3) is 2.86. The van der Waals surface area contributed by atoms with Crippen LogP contribution in [0.25, 0.3) is 0 Å². The van der Waals surface area contributed by atoms with Crippen LogP contribution in [0.2, 0.25) is 5.04 Å². The third-order valence-electron chi connectivity index (χ3n) is 3.13. The summed E-state index contributed by atoms with van der Waals surface area (Å²) in [7, 11) is 1.18. The topological polar surface area (TPSA) is 0 Å². The summed E-state index contributed by atoms with van der Waals surface area (Å²) in [6.45, 7) is 4.73. The van der Waals surface area contributed by atoms with Gasteiger partial charge in [0.05, 0.1) is 0 Å². The largest absolute Gasteiger partial charge is 0.0623 e. The molecule has 0 radical (unpaired) electrons. The fourth-order valence-corrected chi connectivity index (χ4v) is 3.15. The van der Waals surface area contributed by atoms with Gasteiger partial charge in [-0.3, -0.25) is 0 Å². The fourth-order valence-electron chi connectivity index (χ4n) is 2.48. The van der Waals surface area contributed by atoms with E-state index in [9.17, 15) is 0 Å². The summed E-state index contributed by atoms with van der Waals surface area (Å²) >= 11 is 0. The highest BCUT2D eigenvalue weighted by atomic mass is 28.1. The van der Waals surface area contributed by atoms with Gasteiger partial charge in [0, 0.05) is 16.2 Å². The molecule has 0 bridgehead atoms. The van der Waals surface area contributed by atoms with Gasteiger partial charge < -0.3 is 0 Å². The molecular formula is C16H20Si. The summed E-state index contributed by atoms with van der Waals surface area (Å²) < 4.78 is 0. The normalized spacial score (nSPS) is 11.9. The minimum absolute atomic E-state index is 0.364. The number of benzene rings is 2. The van der Waals surface area contributed by atoms with Gasteiger partial charge in [0.25, 0.3) is 0 Å². The van der Waals surface area contributed by atoms with E-state index < -0.39 is 0 Å². The average molecular weight is 240 g/mol. The molecule has 1 heteroatoms. The first-order valence-corrected chi connectivity index (χ1v) is 7.19. The second-order valence-corrected chi connectivity index (χ2v) is 8.20. The van der Waals surface area contributed by atoms with Crippen LogP contribution in [0.1, 0.15) is 30.9 Å². The Hall–Kier alpha value is -1.34. The Bertz CT molecular complexity index is 414. The molecule has 0 atom stereocenters. The summed E-state index contributed by atoms with van der Waals surface area (Å²) in [5.41, 5.74) is 2.86. The van der Waals surface area contributed by atoms with Crippen molar-refractivity contribution in [2.75, 3.05) is 0 Å². The molecule has 0 nitrogen and oxygen atoms in total. The zero-order chi connectivity index (χ0) is 12.3. The van der Waals surface area contributed by atoms with E-state index in [2.05, 4.69) is 74.5 Å². The molecule has 0 aliphatic rings. The van der Waals surface area contributed by atoms with Crippen molar-refractivity contribution in [2.24, 2.45) is 0 Å². The predicted molar refractivity (Wildman–Crippen MR) is 78.7 cm³/mol. The quantitative estimate of drug-likeness (QED) is 0.722.